The van der Waals surface area contributed by atoms with Gasteiger partial charge in [0.05, 0.1) is 5.69 Å². The van der Waals surface area contributed by atoms with Crippen molar-refractivity contribution in [3.63, 3.8) is 0 Å². The van der Waals surface area contributed by atoms with E-state index < -0.39 is 0 Å². The lowest BCUT2D eigenvalue weighted by Crippen LogP contribution is -2.30. The number of thioether (sulfide) groups is 1. The highest BCUT2D eigenvalue weighted by molar-refractivity contribution is 7.98. The summed E-state index contributed by atoms with van der Waals surface area (Å²) in [6, 6.07) is 3.88. The molecule has 0 aliphatic carbocycles. The van der Waals surface area contributed by atoms with E-state index in [0.717, 1.165) is 27.0 Å². The summed E-state index contributed by atoms with van der Waals surface area (Å²) in [7, 11) is 0. The zero-order valence-corrected chi connectivity index (χ0v) is 14.1. The summed E-state index contributed by atoms with van der Waals surface area (Å²) in [6.07, 6.45) is 6.12. The average Bonchev–Trinajstić information content (AvgIpc) is 2.89. The lowest BCUT2D eigenvalue weighted by molar-refractivity contribution is -0.118. The Morgan fingerprint density at radius 2 is 2.29 bits per heavy atom. The van der Waals surface area contributed by atoms with Crippen LogP contribution in [0.3, 0.4) is 0 Å². The summed E-state index contributed by atoms with van der Waals surface area (Å²) in [6.45, 7) is 4.62. The highest BCUT2D eigenvalue weighted by atomic mass is 32.2. The first-order chi connectivity index (χ1) is 10.2. The van der Waals surface area contributed by atoms with Gasteiger partial charge in [-0.1, -0.05) is 11.3 Å². The average molecular weight is 321 g/mol. The number of amides is 1. The van der Waals surface area contributed by atoms with E-state index in [4.69, 9.17) is 0 Å². The zero-order valence-electron chi connectivity index (χ0n) is 12.5. The highest BCUT2D eigenvalue weighted by Gasteiger charge is 2.20. The Hall–Kier alpha value is -1.40. The lowest BCUT2D eigenvalue weighted by atomic mass is 10.3. The first-order valence-corrected chi connectivity index (χ1v) is 9.05. The molecule has 2 aromatic heterocycles. The zero-order chi connectivity index (χ0) is 15.2. The standard InChI is InChI=1S/C15H19N3OS2/c1-4-18(13(19)7-9-20-3)15-11(2)17-14(21-15)12-6-5-8-16-10-12/h5-6,8,10H,4,7,9H2,1-3H3. The van der Waals surface area contributed by atoms with Gasteiger partial charge in [0.15, 0.2) is 0 Å². The van der Waals surface area contributed by atoms with Crippen LogP contribution in [0.15, 0.2) is 24.5 Å². The number of carbonyl (C=O) groups excluding carboxylic acids is 1. The van der Waals surface area contributed by atoms with Crippen LogP contribution >= 0.6 is 23.1 Å². The molecule has 0 bridgehead atoms. The molecule has 0 radical (unpaired) electrons. The number of pyridine rings is 1. The van der Waals surface area contributed by atoms with Crippen molar-refractivity contribution >= 4 is 34.0 Å². The molecule has 0 saturated carbocycles. The van der Waals surface area contributed by atoms with Crippen LogP contribution in [0.1, 0.15) is 19.0 Å². The molecular formula is C15H19N3OS2. The van der Waals surface area contributed by atoms with Gasteiger partial charge in [-0.3, -0.25) is 9.78 Å². The van der Waals surface area contributed by atoms with Crippen molar-refractivity contribution in [1.82, 2.24) is 9.97 Å². The number of hydrogen-bond donors (Lipinski definition) is 0. The molecule has 2 heterocycles. The molecule has 0 saturated heterocycles. The number of carbonyl (C=O) groups is 1. The van der Waals surface area contributed by atoms with Crippen LogP contribution in [0.5, 0.6) is 0 Å². The van der Waals surface area contributed by atoms with E-state index in [1.807, 2.05) is 37.1 Å². The number of thiazole rings is 1. The largest absolute Gasteiger partial charge is 0.303 e. The fourth-order valence-corrected chi connectivity index (χ4v) is 3.53. The molecule has 0 unspecified atom stereocenters. The summed E-state index contributed by atoms with van der Waals surface area (Å²) < 4.78 is 0. The quantitative estimate of drug-likeness (QED) is 0.815. The Bertz CT molecular complexity index is 598. The summed E-state index contributed by atoms with van der Waals surface area (Å²) in [5, 5.41) is 1.86. The van der Waals surface area contributed by atoms with Crippen LogP contribution in [0, 0.1) is 6.92 Å². The second kappa shape index (κ2) is 7.56. The number of rotatable bonds is 6. The first-order valence-electron chi connectivity index (χ1n) is 6.84. The number of nitrogens with zero attached hydrogens (tertiary/aromatic N) is 3. The second-order valence-corrected chi connectivity index (χ2v) is 6.50. The third-order valence-corrected chi connectivity index (χ3v) is 4.90. The summed E-state index contributed by atoms with van der Waals surface area (Å²) in [4.78, 5) is 22.9. The van der Waals surface area contributed by atoms with Crippen molar-refractivity contribution in [3.8, 4) is 10.6 Å². The predicted octanol–water partition coefficient (Wildman–Crippen LogP) is 3.62. The van der Waals surface area contributed by atoms with Crippen molar-refractivity contribution in [2.75, 3.05) is 23.5 Å². The Morgan fingerprint density at radius 3 is 2.90 bits per heavy atom. The third kappa shape index (κ3) is 3.83. The normalized spacial score (nSPS) is 10.6. The van der Waals surface area contributed by atoms with E-state index in [-0.39, 0.29) is 5.91 Å². The molecule has 0 spiro atoms. The number of aromatic nitrogens is 2. The Kier molecular flexibility index (Phi) is 5.76. The highest BCUT2D eigenvalue weighted by Crippen LogP contribution is 2.34. The SMILES string of the molecule is CCN(C(=O)CCSC)c1sc(-c2cccnc2)nc1C. The van der Waals surface area contributed by atoms with Crippen molar-refractivity contribution < 1.29 is 4.79 Å². The maximum absolute atomic E-state index is 12.3. The van der Waals surface area contributed by atoms with Gasteiger partial charge in [-0.25, -0.2) is 4.98 Å². The van der Waals surface area contributed by atoms with Crippen molar-refractivity contribution in [2.24, 2.45) is 0 Å². The molecular weight excluding hydrogens is 302 g/mol. The van der Waals surface area contributed by atoms with E-state index in [1.165, 1.54) is 0 Å². The fourth-order valence-electron chi connectivity index (χ4n) is 2.01. The monoisotopic (exact) mass is 321 g/mol. The van der Waals surface area contributed by atoms with Crippen LogP contribution in [-0.4, -0.2) is 34.4 Å². The van der Waals surface area contributed by atoms with Crippen molar-refractivity contribution in [1.29, 1.82) is 0 Å². The summed E-state index contributed by atoms with van der Waals surface area (Å²) in [5.41, 5.74) is 1.89. The van der Waals surface area contributed by atoms with Crippen molar-refractivity contribution in [3.05, 3.63) is 30.2 Å². The van der Waals surface area contributed by atoms with E-state index in [2.05, 4.69) is 9.97 Å². The maximum Gasteiger partial charge on any atom is 0.228 e. The molecule has 2 rings (SSSR count). The Labute approximate surface area is 133 Å². The molecule has 6 heteroatoms. The van der Waals surface area contributed by atoms with Crippen molar-refractivity contribution in [2.45, 2.75) is 20.3 Å². The van der Waals surface area contributed by atoms with Gasteiger partial charge in [0.25, 0.3) is 0 Å². The predicted molar refractivity (Wildman–Crippen MR) is 91.1 cm³/mol. The molecule has 0 aromatic carbocycles. The molecule has 112 valence electrons. The molecule has 0 aliphatic rings. The van der Waals surface area contributed by atoms with Gasteiger partial charge in [0.1, 0.15) is 10.0 Å². The maximum atomic E-state index is 12.3. The molecule has 2 aromatic rings. The molecule has 4 nitrogen and oxygen atoms in total. The minimum atomic E-state index is 0.163. The Balaban J connectivity index is 2.27. The van der Waals surface area contributed by atoms with E-state index in [0.29, 0.717) is 13.0 Å². The molecule has 21 heavy (non-hydrogen) atoms. The van der Waals surface area contributed by atoms with Gasteiger partial charge in [-0.15, -0.1) is 0 Å². The van der Waals surface area contributed by atoms with Crippen LogP contribution in [-0.2, 0) is 4.79 Å². The van der Waals surface area contributed by atoms with Gasteiger partial charge in [-0.05, 0) is 32.2 Å². The first kappa shape index (κ1) is 16.0. The third-order valence-electron chi connectivity index (χ3n) is 3.06. The lowest BCUT2D eigenvalue weighted by Gasteiger charge is -2.19. The van der Waals surface area contributed by atoms with Crippen LogP contribution in [0.25, 0.3) is 10.6 Å². The molecule has 0 atom stereocenters. The topological polar surface area (TPSA) is 46.1 Å². The van der Waals surface area contributed by atoms with Gasteiger partial charge in [0.2, 0.25) is 5.91 Å². The number of anilines is 1. The van der Waals surface area contributed by atoms with E-state index >= 15 is 0 Å². The van der Waals surface area contributed by atoms with Gasteiger partial charge < -0.3 is 4.90 Å². The summed E-state index contributed by atoms with van der Waals surface area (Å²) >= 11 is 3.25. The van der Waals surface area contributed by atoms with Gasteiger partial charge >= 0.3 is 0 Å². The molecule has 0 fully saturated rings. The molecule has 0 N–H and O–H groups in total. The number of aryl methyl sites for hydroxylation is 1. The minimum Gasteiger partial charge on any atom is -0.303 e. The van der Waals surface area contributed by atoms with Gasteiger partial charge in [0, 0.05) is 36.7 Å². The minimum absolute atomic E-state index is 0.163. The van der Waals surface area contributed by atoms with E-state index in [9.17, 15) is 4.79 Å². The fraction of sp³-hybridized carbons (Fsp3) is 0.400. The van der Waals surface area contributed by atoms with Crippen LogP contribution in [0.2, 0.25) is 0 Å². The van der Waals surface area contributed by atoms with Gasteiger partial charge in [-0.2, -0.15) is 11.8 Å². The van der Waals surface area contributed by atoms with E-state index in [1.54, 1.807) is 35.5 Å². The molecule has 0 aliphatic heterocycles. The second-order valence-electron chi connectivity index (χ2n) is 4.53. The smallest absolute Gasteiger partial charge is 0.228 e. The van der Waals surface area contributed by atoms with Crippen LogP contribution in [0.4, 0.5) is 5.00 Å². The summed E-state index contributed by atoms with van der Waals surface area (Å²) in [5.74, 6) is 1.01. The van der Waals surface area contributed by atoms with Crippen LogP contribution < -0.4 is 4.90 Å². The molecule has 1 amide bonds. The Morgan fingerprint density at radius 1 is 1.48 bits per heavy atom. The number of hydrogen-bond acceptors (Lipinski definition) is 5.